The standard InChI is InChI=1S/C25H25NO6/c1-4-5-12-26-22(16-10-11-18(30-2)19(14-16)31-3)21(24(28)25(26)29)23(27)20-13-15-8-6-7-9-17(15)32-20/h6-11,13-14,22,28H,4-5,12H2,1-3H3. The van der Waals surface area contributed by atoms with Gasteiger partial charge in [0.2, 0.25) is 5.78 Å². The molecular formula is C25H25NO6. The first-order valence-electron chi connectivity index (χ1n) is 10.5. The number of ketones is 1. The highest BCUT2D eigenvalue weighted by molar-refractivity contribution is 6.16. The minimum atomic E-state index is -0.769. The van der Waals surface area contributed by atoms with Gasteiger partial charge in [0.25, 0.3) is 5.91 Å². The molecule has 0 saturated heterocycles. The Bertz CT molecular complexity index is 1180. The monoisotopic (exact) mass is 435 g/mol. The summed E-state index contributed by atoms with van der Waals surface area (Å²) in [6.45, 7) is 2.41. The lowest BCUT2D eigenvalue weighted by Gasteiger charge is -2.27. The van der Waals surface area contributed by atoms with Crippen LogP contribution in [0.1, 0.15) is 41.9 Å². The van der Waals surface area contributed by atoms with E-state index >= 15 is 0 Å². The van der Waals surface area contributed by atoms with Crippen LogP contribution in [-0.2, 0) is 4.79 Å². The first-order valence-corrected chi connectivity index (χ1v) is 10.5. The first-order chi connectivity index (χ1) is 15.5. The van der Waals surface area contributed by atoms with Crippen molar-refractivity contribution >= 4 is 22.7 Å². The molecule has 1 aliphatic rings. The number of hydrogen-bond donors (Lipinski definition) is 1. The number of carbonyl (C=O) groups excluding carboxylic acids is 2. The summed E-state index contributed by atoms with van der Waals surface area (Å²) < 4.78 is 16.5. The molecule has 1 atom stereocenters. The van der Waals surface area contributed by atoms with E-state index in [-0.39, 0.29) is 11.3 Å². The molecule has 166 valence electrons. The Kier molecular flexibility index (Phi) is 5.90. The van der Waals surface area contributed by atoms with E-state index in [2.05, 4.69) is 0 Å². The molecule has 7 heteroatoms. The number of amides is 1. The molecule has 32 heavy (non-hydrogen) atoms. The number of aliphatic hydroxyl groups excluding tert-OH is 1. The van der Waals surface area contributed by atoms with Crippen LogP contribution in [0.25, 0.3) is 11.0 Å². The number of Topliss-reactive ketones (excluding diaryl/α,β-unsaturated/α-hetero) is 1. The molecule has 1 unspecified atom stereocenters. The van der Waals surface area contributed by atoms with Crippen molar-refractivity contribution in [3.63, 3.8) is 0 Å². The number of ether oxygens (including phenoxy) is 2. The van der Waals surface area contributed by atoms with Gasteiger partial charge in [0.05, 0.1) is 25.8 Å². The van der Waals surface area contributed by atoms with E-state index in [1.165, 1.54) is 19.1 Å². The fourth-order valence-electron chi connectivity index (χ4n) is 4.04. The Morgan fingerprint density at radius 3 is 2.53 bits per heavy atom. The number of unbranched alkanes of at least 4 members (excludes halogenated alkanes) is 1. The lowest BCUT2D eigenvalue weighted by Crippen LogP contribution is -2.32. The zero-order valence-electron chi connectivity index (χ0n) is 18.3. The molecule has 0 saturated carbocycles. The zero-order valence-corrected chi connectivity index (χ0v) is 18.3. The second kappa shape index (κ2) is 8.78. The van der Waals surface area contributed by atoms with Crippen molar-refractivity contribution in [1.82, 2.24) is 4.90 Å². The summed E-state index contributed by atoms with van der Waals surface area (Å²) in [5.41, 5.74) is 1.19. The molecule has 3 aromatic rings. The van der Waals surface area contributed by atoms with Crippen LogP contribution >= 0.6 is 0 Å². The molecule has 1 amide bonds. The van der Waals surface area contributed by atoms with Crippen LogP contribution < -0.4 is 9.47 Å². The van der Waals surface area contributed by atoms with Crippen LogP contribution in [0.4, 0.5) is 0 Å². The van der Waals surface area contributed by atoms with Crippen molar-refractivity contribution in [2.45, 2.75) is 25.8 Å². The molecule has 2 heterocycles. The van der Waals surface area contributed by atoms with Crippen LogP contribution in [0, 0.1) is 0 Å². The van der Waals surface area contributed by atoms with Crippen molar-refractivity contribution in [2.24, 2.45) is 0 Å². The molecule has 7 nitrogen and oxygen atoms in total. The van der Waals surface area contributed by atoms with E-state index in [0.29, 0.717) is 29.2 Å². The largest absolute Gasteiger partial charge is 0.503 e. The highest BCUT2D eigenvalue weighted by Crippen LogP contribution is 2.42. The zero-order chi connectivity index (χ0) is 22.8. The van der Waals surface area contributed by atoms with Crippen molar-refractivity contribution < 1.29 is 28.6 Å². The second-order valence-corrected chi connectivity index (χ2v) is 7.61. The SMILES string of the molecule is CCCCN1C(=O)C(O)=C(C(=O)c2cc3ccccc3o2)C1c1ccc(OC)c(OC)c1. The molecular weight excluding hydrogens is 410 g/mol. The van der Waals surface area contributed by atoms with Gasteiger partial charge in [-0.15, -0.1) is 0 Å². The molecule has 1 aromatic heterocycles. The summed E-state index contributed by atoms with van der Waals surface area (Å²) in [4.78, 5) is 28.0. The number of hydrogen-bond acceptors (Lipinski definition) is 6. The maximum Gasteiger partial charge on any atom is 0.290 e. The number of nitrogens with zero attached hydrogens (tertiary/aromatic N) is 1. The normalized spacial score (nSPS) is 16.2. The number of para-hydroxylation sites is 1. The molecule has 0 radical (unpaired) electrons. The Hall–Kier alpha value is -3.74. The van der Waals surface area contributed by atoms with Gasteiger partial charge in [-0.25, -0.2) is 0 Å². The average molecular weight is 435 g/mol. The molecule has 2 aromatic carbocycles. The molecule has 1 N–H and O–H groups in total. The second-order valence-electron chi connectivity index (χ2n) is 7.61. The van der Waals surface area contributed by atoms with Gasteiger partial charge in [-0.2, -0.15) is 0 Å². The van der Waals surface area contributed by atoms with Gasteiger partial charge in [0.15, 0.2) is 23.0 Å². The molecule has 0 fully saturated rings. The van der Waals surface area contributed by atoms with E-state index in [9.17, 15) is 14.7 Å². The smallest absolute Gasteiger partial charge is 0.290 e. The number of methoxy groups -OCH3 is 2. The van der Waals surface area contributed by atoms with Crippen molar-refractivity contribution in [1.29, 1.82) is 0 Å². The topological polar surface area (TPSA) is 89.2 Å². The van der Waals surface area contributed by atoms with Gasteiger partial charge in [-0.1, -0.05) is 37.6 Å². The maximum atomic E-state index is 13.5. The third-order valence-corrected chi connectivity index (χ3v) is 5.67. The first kappa shape index (κ1) is 21.5. The molecule has 1 aliphatic heterocycles. The minimum absolute atomic E-state index is 0.00243. The van der Waals surface area contributed by atoms with E-state index < -0.39 is 23.5 Å². The number of fused-ring (bicyclic) bond motifs is 1. The predicted molar refractivity (Wildman–Crippen MR) is 119 cm³/mol. The van der Waals surface area contributed by atoms with Gasteiger partial charge in [-0.3, -0.25) is 9.59 Å². The van der Waals surface area contributed by atoms with Gasteiger partial charge in [0.1, 0.15) is 5.58 Å². The summed E-state index contributed by atoms with van der Waals surface area (Å²) in [5.74, 6) is -0.577. The summed E-state index contributed by atoms with van der Waals surface area (Å²) in [5, 5.41) is 11.5. The average Bonchev–Trinajstić information content (AvgIpc) is 3.36. The summed E-state index contributed by atoms with van der Waals surface area (Å²) >= 11 is 0. The Balaban J connectivity index is 1.82. The number of furan rings is 1. The fourth-order valence-corrected chi connectivity index (χ4v) is 4.04. The third kappa shape index (κ3) is 3.60. The maximum absolute atomic E-state index is 13.5. The van der Waals surface area contributed by atoms with Crippen molar-refractivity contribution in [3.05, 3.63) is 71.2 Å². The van der Waals surface area contributed by atoms with E-state index in [1.807, 2.05) is 25.1 Å². The summed E-state index contributed by atoms with van der Waals surface area (Å²) in [7, 11) is 3.05. The highest BCUT2D eigenvalue weighted by Gasteiger charge is 2.44. The summed E-state index contributed by atoms with van der Waals surface area (Å²) in [6, 6.07) is 13.3. The number of benzene rings is 2. The lowest BCUT2D eigenvalue weighted by atomic mass is 9.94. The van der Waals surface area contributed by atoms with E-state index in [1.54, 1.807) is 30.3 Å². The molecule has 0 bridgehead atoms. The van der Waals surface area contributed by atoms with Crippen LogP contribution in [0.5, 0.6) is 11.5 Å². The predicted octanol–water partition coefficient (Wildman–Crippen LogP) is 4.83. The number of rotatable bonds is 8. The number of aliphatic hydroxyl groups is 1. The Morgan fingerprint density at radius 1 is 1.09 bits per heavy atom. The lowest BCUT2D eigenvalue weighted by molar-refractivity contribution is -0.129. The van der Waals surface area contributed by atoms with E-state index in [0.717, 1.165) is 18.2 Å². The van der Waals surface area contributed by atoms with Crippen LogP contribution in [0.3, 0.4) is 0 Å². The fraction of sp³-hybridized carbons (Fsp3) is 0.280. The number of carbonyl (C=O) groups is 2. The highest BCUT2D eigenvalue weighted by atomic mass is 16.5. The van der Waals surface area contributed by atoms with Crippen molar-refractivity contribution in [2.75, 3.05) is 20.8 Å². The molecule has 4 rings (SSSR count). The van der Waals surface area contributed by atoms with Crippen molar-refractivity contribution in [3.8, 4) is 11.5 Å². The van der Waals surface area contributed by atoms with Gasteiger partial charge in [0, 0.05) is 11.9 Å². The van der Waals surface area contributed by atoms with Crippen LogP contribution in [0.15, 0.2) is 64.3 Å². The van der Waals surface area contributed by atoms with Gasteiger partial charge < -0.3 is 23.9 Å². The quantitative estimate of drug-likeness (QED) is 0.510. The minimum Gasteiger partial charge on any atom is -0.503 e. The van der Waals surface area contributed by atoms with Crippen LogP contribution in [0.2, 0.25) is 0 Å². The molecule has 0 spiro atoms. The van der Waals surface area contributed by atoms with E-state index in [4.69, 9.17) is 13.9 Å². The molecule has 0 aliphatic carbocycles. The van der Waals surface area contributed by atoms with Crippen LogP contribution in [-0.4, -0.2) is 42.5 Å². The Morgan fingerprint density at radius 2 is 1.84 bits per heavy atom. The summed E-state index contributed by atoms with van der Waals surface area (Å²) in [6.07, 6.45) is 1.59. The third-order valence-electron chi connectivity index (χ3n) is 5.67. The van der Waals surface area contributed by atoms with Gasteiger partial charge in [-0.05, 0) is 36.2 Å². The van der Waals surface area contributed by atoms with Gasteiger partial charge >= 0.3 is 0 Å². The Labute approximate surface area is 185 Å².